The summed E-state index contributed by atoms with van der Waals surface area (Å²) >= 11 is 0. The van der Waals surface area contributed by atoms with Crippen LogP contribution in [0.2, 0.25) is 0 Å². The molecule has 0 fully saturated rings. The van der Waals surface area contributed by atoms with Crippen LogP contribution in [0.25, 0.3) is 0 Å². The number of benzene rings is 1. The maximum atomic E-state index is 12.1. The molecule has 1 aromatic heterocycles. The van der Waals surface area contributed by atoms with Crippen LogP contribution in [0.4, 0.5) is 5.69 Å². The third-order valence-corrected chi connectivity index (χ3v) is 3.18. The molecular weight excluding hydrogens is 250 g/mol. The zero-order valence-corrected chi connectivity index (χ0v) is 11.6. The van der Waals surface area contributed by atoms with Crippen molar-refractivity contribution in [2.75, 3.05) is 25.9 Å². The Morgan fingerprint density at radius 1 is 1.15 bits per heavy atom. The number of likely N-dealkylation sites (N-methyl/N-ethyl adjacent to an activating group) is 1. The summed E-state index contributed by atoms with van der Waals surface area (Å²) in [5.41, 5.74) is 8.22. The van der Waals surface area contributed by atoms with Crippen LogP contribution >= 0.6 is 0 Å². The summed E-state index contributed by atoms with van der Waals surface area (Å²) < 4.78 is 0. The number of nitrogen functional groups attached to an aromatic ring is 1. The minimum Gasteiger partial charge on any atom is -0.399 e. The Morgan fingerprint density at radius 2 is 1.80 bits per heavy atom. The standard InChI is InChI=1S/C16H19N3O/c1-19(11-8-13-6-9-18-10-7-13)12-16(20)14-2-4-15(17)5-3-14/h2-7,9-10H,8,11-12,17H2,1H3. The smallest absolute Gasteiger partial charge is 0.176 e. The van der Waals surface area contributed by atoms with E-state index in [1.807, 2.05) is 24.1 Å². The van der Waals surface area contributed by atoms with E-state index in [0.29, 0.717) is 17.8 Å². The summed E-state index contributed by atoms with van der Waals surface area (Å²) in [5, 5.41) is 0. The average Bonchev–Trinajstić information content (AvgIpc) is 2.47. The molecule has 0 saturated heterocycles. The summed E-state index contributed by atoms with van der Waals surface area (Å²) in [6.45, 7) is 1.25. The molecule has 2 rings (SSSR count). The number of nitrogens with zero attached hydrogens (tertiary/aromatic N) is 2. The molecule has 0 aliphatic rings. The number of rotatable bonds is 6. The Hall–Kier alpha value is -2.20. The molecule has 2 N–H and O–H groups in total. The number of aromatic nitrogens is 1. The Balaban J connectivity index is 1.83. The molecule has 0 radical (unpaired) electrons. The largest absolute Gasteiger partial charge is 0.399 e. The van der Waals surface area contributed by atoms with Crippen LogP contribution in [0.5, 0.6) is 0 Å². The second-order valence-corrected chi connectivity index (χ2v) is 4.89. The quantitative estimate of drug-likeness (QED) is 0.644. The summed E-state index contributed by atoms with van der Waals surface area (Å²) in [4.78, 5) is 18.1. The van der Waals surface area contributed by atoms with Gasteiger partial charge in [0.1, 0.15) is 0 Å². The number of nitrogens with two attached hydrogens (primary N) is 1. The summed E-state index contributed by atoms with van der Waals surface area (Å²) in [5.74, 6) is 0.113. The van der Waals surface area contributed by atoms with E-state index in [2.05, 4.69) is 4.98 Å². The molecule has 2 aromatic rings. The molecular formula is C16H19N3O. The fourth-order valence-electron chi connectivity index (χ4n) is 1.95. The van der Waals surface area contributed by atoms with Crippen molar-refractivity contribution in [2.45, 2.75) is 6.42 Å². The van der Waals surface area contributed by atoms with Crippen molar-refractivity contribution in [2.24, 2.45) is 0 Å². The lowest BCUT2D eigenvalue weighted by Gasteiger charge is -2.15. The number of anilines is 1. The van der Waals surface area contributed by atoms with Crippen LogP contribution in [0.15, 0.2) is 48.8 Å². The molecule has 0 bridgehead atoms. The second kappa shape index (κ2) is 6.82. The van der Waals surface area contributed by atoms with E-state index in [9.17, 15) is 4.79 Å². The molecule has 4 heteroatoms. The van der Waals surface area contributed by atoms with E-state index in [1.165, 1.54) is 5.56 Å². The van der Waals surface area contributed by atoms with Gasteiger partial charge in [0.2, 0.25) is 0 Å². The first kappa shape index (κ1) is 14.2. The number of Topliss-reactive ketones (excluding diaryl/α,β-unsaturated/α-hetero) is 1. The molecule has 4 nitrogen and oxygen atoms in total. The molecule has 0 unspecified atom stereocenters. The Bertz CT molecular complexity index is 552. The monoisotopic (exact) mass is 269 g/mol. The van der Waals surface area contributed by atoms with Crippen LogP contribution in [0.1, 0.15) is 15.9 Å². The molecule has 0 amide bonds. The van der Waals surface area contributed by atoms with E-state index in [1.54, 1.807) is 36.7 Å². The van der Waals surface area contributed by atoms with Crippen LogP contribution in [-0.2, 0) is 6.42 Å². The lowest BCUT2D eigenvalue weighted by Crippen LogP contribution is -2.28. The fourth-order valence-corrected chi connectivity index (χ4v) is 1.95. The molecule has 1 heterocycles. The van der Waals surface area contributed by atoms with Gasteiger partial charge < -0.3 is 5.73 Å². The second-order valence-electron chi connectivity index (χ2n) is 4.89. The molecule has 0 saturated carbocycles. The topological polar surface area (TPSA) is 59.2 Å². The molecule has 104 valence electrons. The highest BCUT2D eigenvalue weighted by Gasteiger charge is 2.09. The van der Waals surface area contributed by atoms with E-state index in [4.69, 9.17) is 5.73 Å². The highest BCUT2D eigenvalue weighted by atomic mass is 16.1. The van der Waals surface area contributed by atoms with E-state index >= 15 is 0 Å². The van der Waals surface area contributed by atoms with Gasteiger partial charge in [-0.05, 0) is 55.4 Å². The van der Waals surface area contributed by atoms with Crippen molar-refractivity contribution in [1.82, 2.24) is 9.88 Å². The Kier molecular flexibility index (Phi) is 4.85. The van der Waals surface area contributed by atoms with Gasteiger partial charge in [0.05, 0.1) is 6.54 Å². The number of ketones is 1. The zero-order valence-electron chi connectivity index (χ0n) is 11.6. The average molecular weight is 269 g/mol. The summed E-state index contributed by atoms with van der Waals surface area (Å²) in [6, 6.07) is 11.0. The van der Waals surface area contributed by atoms with Crippen molar-refractivity contribution >= 4 is 11.5 Å². The van der Waals surface area contributed by atoms with E-state index in [0.717, 1.165) is 13.0 Å². The van der Waals surface area contributed by atoms with Crippen molar-refractivity contribution in [3.05, 3.63) is 59.9 Å². The van der Waals surface area contributed by atoms with Crippen molar-refractivity contribution in [3.63, 3.8) is 0 Å². The van der Waals surface area contributed by atoms with Gasteiger partial charge in [-0.25, -0.2) is 0 Å². The lowest BCUT2D eigenvalue weighted by atomic mass is 10.1. The molecule has 0 atom stereocenters. The normalized spacial score (nSPS) is 10.7. The van der Waals surface area contributed by atoms with Crippen LogP contribution < -0.4 is 5.73 Å². The molecule has 0 aliphatic heterocycles. The maximum absolute atomic E-state index is 12.1. The number of carbonyl (C=O) groups is 1. The van der Waals surface area contributed by atoms with Gasteiger partial charge in [0.15, 0.2) is 5.78 Å². The molecule has 20 heavy (non-hydrogen) atoms. The van der Waals surface area contributed by atoms with E-state index in [-0.39, 0.29) is 5.78 Å². The number of pyridine rings is 1. The fraction of sp³-hybridized carbons (Fsp3) is 0.250. The predicted molar refractivity (Wildman–Crippen MR) is 80.6 cm³/mol. The number of hydrogen-bond acceptors (Lipinski definition) is 4. The van der Waals surface area contributed by atoms with Crippen LogP contribution in [0, 0.1) is 0 Å². The first-order valence-electron chi connectivity index (χ1n) is 6.61. The van der Waals surface area contributed by atoms with Gasteiger partial charge in [-0.2, -0.15) is 0 Å². The first-order chi connectivity index (χ1) is 9.65. The van der Waals surface area contributed by atoms with Crippen LogP contribution in [-0.4, -0.2) is 35.8 Å². The molecule has 0 aliphatic carbocycles. The third-order valence-electron chi connectivity index (χ3n) is 3.18. The van der Waals surface area contributed by atoms with Gasteiger partial charge >= 0.3 is 0 Å². The minimum atomic E-state index is 0.113. The summed E-state index contributed by atoms with van der Waals surface area (Å²) in [6.07, 6.45) is 4.48. The van der Waals surface area contributed by atoms with Crippen molar-refractivity contribution in [3.8, 4) is 0 Å². The third kappa shape index (κ3) is 4.17. The Labute approximate surface area is 119 Å². The highest BCUT2D eigenvalue weighted by Crippen LogP contribution is 2.07. The summed E-state index contributed by atoms with van der Waals surface area (Å²) in [7, 11) is 1.95. The number of hydrogen-bond donors (Lipinski definition) is 1. The number of carbonyl (C=O) groups excluding carboxylic acids is 1. The zero-order chi connectivity index (χ0) is 14.4. The maximum Gasteiger partial charge on any atom is 0.176 e. The molecule has 0 spiro atoms. The first-order valence-corrected chi connectivity index (χ1v) is 6.61. The van der Waals surface area contributed by atoms with Crippen molar-refractivity contribution in [1.29, 1.82) is 0 Å². The van der Waals surface area contributed by atoms with Crippen molar-refractivity contribution < 1.29 is 4.79 Å². The Morgan fingerprint density at radius 3 is 2.45 bits per heavy atom. The highest BCUT2D eigenvalue weighted by molar-refractivity contribution is 5.97. The minimum absolute atomic E-state index is 0.113. The van der Waals surface area contributed by atoms with E-state index < -0.39 is 0 Å². The van der Waals surface area contributed by atoms with Crippen LogP contribution in [0.3, 0.4) is 0 Å². The predicted octanol–water partition coefficient (Wildman–Crippen LogP) is 2.02. The van der Waals surface area contributed by atoms with Gasteiger partial charge in [-0.15, -0.1) is 0 Å². The van der Waals surface area contributed by atoms with Gasteiger partial charge in [-0.1, -0.05) is 0 Å². The molecule has 1 aromatic carbocycles. The van der Waals surface area contributed by atoms with Gasteiger partial charge in [0.25, 0.3) is 0 Å². The SMILES string of the molecule is CN(CCc1ccncc1)CC(=O)c1ccc(N)cc1. The van der Waals surface area contributed by atoms with Gasteiger partial charge in [0, 0.05) is 30.2 Å². The van der Waals surface area contributed by atoms with Gasteiger partial charge in [-0.3, -0.25) is 14.7 Å². The lowest BCUT2D eigenvalue weighted by molar-refractivity contribution is 0.0947.